The van der Waals surface area contributed by atoms with Gasteiger partial charge in [0.15, 0.2) is 5.82 Å². The average molecular weight is 274 g/mol. The maximum Gasteiger partial charge on any atom is 0.305 e. The third-order valence-corrected chi connectivity index (χ3v) is 5.20. The summed E-state index contributed by atoms with van der Waals surface area (Å²) in [5, 5.41) is 0. The van der Waals surface area contributed by atoms with Crippen LogP contribution in [0, 0.1) is 6.92 Å². The number of hydrogen-bond acceptors (Lipinski definition) is 3. The zero-order valence-electron chi connectivity index (χ0n) is 12.1. The molecule has 2 rings (SSSR count). The first-order valence-electron chi connectivity index (χ1n) is 6.03. The summed E-state index contributed by atoms with van der Waals surface area (Å²) in [6.45, 7) is 7.73. The van der Waals surface area contributed by atoms with E-state index in [2.05, 4.69) is 4.98 Å². The minimum Gasteiger partial charge on any atom is -0.332 e. The number of nitrogens with zero attached hydrogens (tertiary/aromatic N) is 4. The fourth-order valence-electron chi connectivity index (χ4n) is 1.98. The van der Waals surface area contributed by atoms with Crippen molar-refractivity contribution in [3.8, 4) is 0 Å². The summed E-state index contributed by atoms with van der Waals surface area (Å²) < 4.78 is 28.5. The minimum absolute atomic E-state index is 0.192. The molecule has 18 heavy (non-hydrogen) atoms. The largest absolute Gasteiger partial charge is 0.332 e. The van der Waals surface area contributed by atoms with E-state index in [9.17, 15) is 8.42 Å². The molecule has 1 atom stereocenters. The van der Waals surface area contributed by atoms with Gasteiger partial charge in [0.2, 0.25) is 0 Å². The van der Waals surface area contributed by atoms with Crippen molar-refractivity contribution < 1.29 is 8.42 Å². The van der Waals surface area contributed by atoms with Crippen LogP contribution >= 0.6 is 0 Å². The molecule has 0 amide bonds. The van der Waals surface area contributed by atoms with Gasteiger partial charge in [-0.1, -0.05) is 13.8 Å². The molecule has 0 saturated carbocycles. The molecule has 0 N–H and O–H groups in total. The predicted octanol–water partition coefficient (Wildman–Crippen LogP) is 1.44. The van der Waals surface area contributed by atoms with Crippen molar-refractivity contribution in [2.45, 2.75) is 33.7 Å². The van der Waals surface area contributed by atoms with Gasteiger partial charge in [-0.05, 0) is 13.8 Å². The third kappa shape index (κ3) is 1.91. The Morgan fingerprint density at radius 2 is 1.67 bits per heavy atom. The summed E-state index contributed by atoms with van der Waals surface area (Å²) in [4.78, 5) is 4.30. The molecule has 1 unspecified atom stereocenters. The van der Waals surface area contributed by atoms with Gasteiger partial charge in [0.05, 0.1) is 11.7 Å². The summed E-state index contributed by atoms with van der Waals surface area (Å²) >= 11 is 0. The van der Waals surface area contributed by atoms with Crippen LogP contribution in [-0.2, 0) is 17.3 Å². The molecule has 1 aromatic heterocycles. The van der Waals surface area contributed by atoms with Gasteiger partial charge in [-0.3, -0.25) is 0 Å². The van der Waals surface area contributed by atoms with Gasteiger partial charge in [0, 0.05) is 21.1 Å². The second-order valence-corrected chi connectivity index (χ2v) is 6.11. The molecule has 1 aliphatic rings. The summed E-state index contributed by atoms with van der Waals surface area (Å²) in [5.74, 6) is 1.35. The first-order valence-corrected chi connectivity index (χ1v) is 7.43. The Balaban J connectivity index is 0.000000771. The lowest BCUT2D eigenvalue weighted by Crippen LogP contribution is -2.45. The van der Waals surface area contributed by atoms with E-state index in [1.165, 1.54) is 15.7 Å². The Morgan fingerprint density at radius 3 is 2.17 bits per heavy atom. The Labute approximate surface area is 109 Å². The Hall–Kier alpha value is -1.08. The van der Waals surface area contributed by atoms with Gasteiger partial charge in [-0.15, -0.1) is 0 Å². The summed E-state index contributed by atoms with van der Waals surface area (Å²) in [6.07, 6.45) is 0. The molecular weight excluding hydrogens is 252 g/mol. The fourth-order valence-corrected chi connectivity index (χ4v) is 3.22. The van der Waals surface area contributed by atoms with E-state index in [4.69, 9.17) is 0 Å². The number of anilines is 1. The highest BCUT2D eigenvalue weighted by atomic mass is 32.2. The quantitative estimate of drug-likeness (QED) is 0.719. The van der Waals surface area contributed by atoms with Crippen LogP contribution in [0.1, 0.15) is 38.3 Å². The molecule has 6 nitrogen and oxygen atoms in total. The lowest BCUT2D eigenvalue weighted by atomic mass is 10.2. The number of aryl methyl sites for hydroxylation is 1. The van der Waals surface area contributed by atoms with Crippen molar-refractivity contribution in [1.29, 1.82) is 0 Å². The number of rotatable bonds is 0. The van der Waals surface area contributed by atoms with Crippen LogP contribution in [-0.4, -0.2) is 36.4 Å². The second-order valence-electron chi connectivity index (χ2n) is 4.09. The molecule has 0 radical (unpaired) electrons. The Morgan fingerprint density at radius 1 is 1.17 bits per heavy atom. The Kier molecular flexibility index (Phi) is 4.07. The summed E-state index contributed by atoms with van der Waals surface area (Å²) in [7, 11) is 1.60. The van der Waals surface area contributed by atoms with Crippen LogP contribution in [0.2, 0.25) is 0 Å². The highest BCUT2D eigenvalue weighted by Crippen LogP contribution is 2.37. The van der Waals surface area contributed by atoms with Crippen molar-refractivity contribution in [2.24, 2.45) is 7.05 Å². The Bertz CT molecular complexity index is 535. The van der Waals surface area contributed by atoms with E-state index >= 15 is 0 Å². The van der Waals surface area contributed by atoms with Crippen molar-refractivity contribution in [1.82, 2.24) is 13.9 Å². The van der Waals surface area contributed by atoms with Gasteiger partial charge in [0.25, 0.3) is 0 Å². The number of fused-ring (bicyclic) bond motifs is 1. The molecule has 0 aromatic carbocycles. The standard InChI is InChI=1S/C9H16N4O2S.C2H6/c1-6-8-9(10-7(2)11(8)3)13(5)16(14,15)12(6)4;1-2/h6H,1-5H3;1-2H3. The molecule has 0 spiro atoms. The van der Waals surface area contributed by atoms with E-state index in [1.54, 1.807) is 7.05 Å². The average Bonchev–Trinajstić information content (AvgIpc) is 2.64. The van der Waals surface area contributed by atoms with Crippen LogP contribution < -0.4 is 4.31 Å². The first kappa shape index (κ1) is 15.0. The van der Waals surface area contributed by atoms with E-state index in [0.717, 1.165) is 11.5 Å². The van der Waals surface area contributed by atoms with Crippen molar-refractivity contribution in [3.63, 3.8) is 0 Å². The van der Waals surface area contributed by atoms with Gasteiger partial charge in [-0.2, -0.15) is 12.7 Å². The minimum atomic E-state index is -3.42. The molecule has 0 saturated heterocycles. The molecule has 1 aromatic rings. The molecule has 0 bridgehead atoms. The third-order valence-electron chi connectivity index (χ3n) is 3.29. The zero-order chi connectivity index (χ0) is 14.2. The first-order chi connectivity index (χ1) is 8.28. The van der Waals surface area contributed by atoms with Gasteiger partial charge in [0.1, 0.15) is 5.82 Å². The number of aromatic nitrogens is 2. The number of imidazole rings is 1. The van der Waals surface area contributed by atoms with Crippen LogP contribution in [0.15, 0.2) is 0 Å². The molecule has 1 aliphatic heterocycles. The molecule has 7 heteroatoms. The van der Waals surface area contributed by atoms with Crippen molar-refractivity contribution in [3.05, 3.63) is 11.5 Å². The zero-order valence-corrected chi connectivity index (χ0v) is 12.9. The van der Waals surface area contributed by atoms with Crippen LogP contribution in [0.4, 0.5) is 5.82 Å². The lowest BCUT2D eigenvalue weighted by Gasteiger charge is -2.35. The van der Waals surface area contributed by atoms with Crippen molar-refractivity contribution in [2.75, 3.05) is 18.4 Å². The molecule has 104 valence electrons. The van der Waals surface area contributed by atoms with Gasteiger partial charge < -0.3 is 4.57 Å². The molecule has 0 fully saturated rings. The highest BCUT2D eigenvalue weighted by molar-refractivity contribution is 7.90. The topological polar surface area (TPSA) is 58.4 Å². The fraction of sp³-hybridized carbons (Fsp3) is 0.727. The second kappa shape index (κ2) is 4.89. The predicted molar refractivity (Wildman–Crippen MR) is 72.8 cm³/mol. The van der Waals surface area contributed by atoms with Crippen LogP contribution in [0.5, 0.6) is 0 Å². The lowest BCUT2D eigenvalue weighted by molar-refractivity contribution is 0.376. The van der Waals surface area contributed by atoms with Crippen LogP contribution in [0.3, 0.4) is 0 Å². The van der Waals surface area contributed by atoms with E-state index < -0.39 is 10.2 Å². The SMILES string of the molecule is CC.Cc1nc2c(n1C)C(C)N(C)S(=O)(=O)N2C. The van der Waals surface area contributed by atoms with Gasteiger partial charge >= 0.3 is 10.2 Å². The maximum atomic E-state index is 12.0. The van der Waals surface area contributed by atoms with E-state index in [0.29, 0.717) is 5.82 Å². The summed E-state index contributed by atoms with van der Waals surface area (Å²) in [6, 6.07) is -0.192. The van der Waals surface area contributed by atoms with Crippen molar-refractivity contribution >= 4 is 16.0 Å². The smallest absolute Gasteiger partial charge is 0.305 e. The highest BCUT2D eigenvalue weighted by Gasteiger charge is 2.39. The van der Waals surface area contributed by atoms with Crippen LogP contribution in [0.25, 0.3) is 0 Å². The normalized spacial score (nSPS) is 22.2. The number of hydrogen-bond donors (Lipinski definition) is 0. The van der Waals surface area contributed by atoms with Gasteiger partial charge in [-0.25, -0.2) is 9.29 Å². The van der Waals surface area contributed by atoms with E-state index in [1.807, 2.05) is 39.3 Å². The summed E-state index contributed by atoms with van der Waals surface area (Å²) in [5.41, 5.74) is 0.928. The maximum absolute atomic E-state index is 12.0. The molecule has 2 heterocycles. The van der Waals surface area contributed by atoms with E-state index in [-0.39, 0.29) is 6.04 Å². The molecular formula is C11H22N4O2S. The molecule has 0 aliphatic carbocycles. The monoisotopic (exact) mass is 274 g/mol.